The lowest BCUT2D eigenvalue weighted by molar-refractivity contribution is 0.259. The van der Waals surface area contributed by atoms with E-state index in [-0.39, 0.29) is 11.5 Å². The number of aromatic nitrogens is 1. The lowest BCUT2D eigenvalue weighted by Crippen LogP contribution is -2.31. The molecule has 0 bridgehead atoms. The van der Waals surface area contributed by atoms with Gasteiger partial charge in [0.2, 0.25) is 10.0 Å². The van der Waals surface area contributed by atoms with Crippen LogP contribution in [0.4, 0.5) is 0 Å². The van der Waals surface area contributed by atoms with Gasteiger partial charge in [0.25, 0.3) is 0 Å². The Morgan fingerprint density at radius 3 is 2.55 bits per heavy atom. The number of hydrogen-bond donors (Lipinski definition) is 2. The highest BCUT2D eigenvalue weighted by molar-refractivity contribution is 9.10. The second-order valence-corrected chi connectivity index (χ2v) is 6.74. The lowest BCUT2D eigenvalue weighted by atomic mass is 10.1. The van der Waals surface area contributed by atoms with Crippen molar-refractivity contribution in [1.29, 1.82) is 0 Å². The number of hydrogen-bond acceptors (Lipinski definition) is 4. The van der Waals surface area contributed by atoms with E-state index in [1.54, 1.807) is 24.3 Å². The third kappa shape index (κ3) is 3.63. The molecule has 2 N–H and O–H groups in total. The minimum absolute atomic E-state index is 0.0428. The van der Waals surface area contributed by atoms with Gasteiger partial charge in [-0.25, -0.2) is 13.1 Å². The first-order valence-electron chi connectivity index (χ1n) is 5.81. The number of nitrogens with one attached hydrogen (secondary N) is 1. The molecule has 0 spiro atoms. The number of aliphatic hydroxyl groups excluding tert-OH is 1. The summed E-state index contributed by atoms with van der Waals surface area (Å²) in [6.45, 7) is -0.329. The van der Waals surface area contributed by atoms with Crippen molar-refractivity contribution in [2.75, 3.05) is 6.61 Å². The van der Waals surface area contributed by atoms with Crippen LogP contribution in [0.5, 0.6) is 0 Å². The Morgan fingerprint density at radius 2 is 1.95 bits per heavy atom. The van der Waals surface area contributed by atoms with Crippen molar-refractivity contribution < 1.29 is 13.5 Å². The molecule has 2 aromatic rings. The Kier molecular flexibility index (Phi) is 4.87. The summed E-state index contributed by atoms with van der Waals surface area (Å²) in [7, 11) is -3.74. The minimum Gasteiger partial charge on any atom is -0.394 e. The van der Waals surface area contributed by atoms with Gasteiger partial charge in [-0.15, -0.1) is 0 Å². The fourth-order valence-corrected chi connectivity index (χ4v) is 3.41. The predicted molar refractivity (Wildman–Crippen MR) is 78.5 cm³/mol. The van der Waals surface area contributed by atoms with Gasteiger partial charge in [0.15, 0.2) is 0 Å². The molecule has 20 heavy (non-hydrogen) atoms. The summed E-state index contributed by atoms with van der Waals surface area (Å²) in [5.74, 6) is 0. The van der Waals surface area contributed by atoms with Gasteiger partial charge in [0.05, 0.1) is 12.6 Å². The van der Waals surface area contributed by atoms with Gasteiger partial charge in [0, 0.05) is 16.9 Å². The number of aliphatic hydroxyl groups is 1. The highest BCUT2D eigenvalue weighted by Crippen LogP contribution is 2.18. The van der Waals surface area contributed by atoms with Gasteiger partial charge in [-0.05, 0) is 27.6 Å². The third-order valence-corrected chi connectivity index (χ3v) is 4.54. The molecular formula is C13H13BrN2O3S. The maximum absolute atomic E-state index is 12.2. The average Bonchev–Trinajstić information content (AvgIpc) is 2.46. The standard InChI is InChI=1S/C13H13BrN2O3S/c14-11-6-12(8-15-7-11)20(18,19)16-13(9-17)10-4-2-1-3-5-10/h1-8,13,16-17H,9H2. The van der Waals surface area contributed by atoms with E-state index in [9.17, 15) is 13.5 Å². The zero-order valence-corrected chi connectivity index (χ0v) is 12.8. The first-order valence-corrected chi connectivity index (χ1v) is 8.09. The van der Waals surface area contributed by atoms with Gasteiger partial charge >= 0.3 is 0 Å². The maximum atomic E-state index is 12.2. The van der Waals surface area contributed by atoms with Crippen LogP contribution in [0.25, 0.3) is 0 Å². The molecule has 0 amide bonds. The Balaban J connectivity index is 2.27. The average molecular weight is 357 g/mol. The smallest absolute Gasteiger partial charge is 0.242 e. The maximum Gasteiger partial charge on any atom is 0.242 e. The topological polar surface area (TPSA) is 79.3 Å². The summed E-state index contributed by atoms with van der Waals surface area (Å²) >= 11 is 3.18. The van der Waals surface area contributed by atoms with Crippen molar-refractivity contribution in [3.05, 3.63) is 58.8 Å². The molecule has 0 saturated heterocycles. The van der Waals surface area contributed by atoms with Crippen LogP contribution in [0.2, 0.25) is 0 Å². The van der Waals surface area contributed by atoms with Crippen molar-refractivity contribution in [2.45, 2.75) is 10.9 Å². The van der Waals surface area contributed by atoms with E-state index in [2.05, 4.69) is 25.6 Å². The molecule has 106 valence electrons. The fraction of sp³-hybridized carbons (Fsp3) is 0.154. The number of halogens is 1. The summed E-state index contributed by atoms with van der Waals surface area (Å²) < 4.78 is 27.5. The molecule has 2 rings (SSSR count). The number of sulfonamides is 1. The lowest BCUT2D eigenvalue weighted by Gasteiger charge is -2.16. The van der Waals surface area contributed by atoms with Crippen LogP contribution >= 0.6 is 15.9 Å². The summed E-state index contributed by atoms with van der Waals surface area (Å²) in [4.78, 5) is 3.87. The second kappa shape index (κ2) is 6.45. The van der Waals surface area contributed by atoms with Gasteiger partial charge < -0.3 is 5.11 Å². The molecule has 1 aromatic heterocycles. The molecule has 0 aliphatic rings. The Hall–Kier alpha value is -1.28. The van der Waals surface area contributed by atoms with E-state index >= 15 is 0 Å². The second-order valence-electron chi connectivity index (χ2n) is 4.11. The Bertz CT molecular complexity index is 677. The van der Waals surface area contributed by atoms with Crippen molar-refractivity contribution in [2.24, 2.45) is 0 Å². The summed E-state index contributed by atoms with van der Waals surface area (Å²) in [5.41, 5.74) is 0.696. The Labute approximate surface area is 125 Å². The number of rotatable bonds is 5. The third-order valence-electron chi connectivity index (χ3n) is 2.67. The largest absolute Gasteiger partial charge is 0.394 e. The molecule has 0 aliphatic carbocycles. The first-order chi connectivity index (χ1) is 9.53. The van der Waals surface area contributed by atoms with E-state index in [0.29, 0.717) is 10.0 Å². The highest BCUT2D eigenvalue weighted by atomic mass is 79.9. The van der Waals surface area contributed by atoms with E-state index < -0.39 is 16.1 Å². The van der Waals surface area contributed by atoms with Gasteiger partial charge in [-0.1, -0.05) is 30.3 Å². The molecular weight excluding hydrogens is 344 g/mol. The molecule has 0 fully saturated rings. The normalized spacial score (nSPS) is 13.1. The predicted octanol–water partition coefficient (Wildman–Crippen LogP) is 1.86. The molecule has 1 atom stereocenters. The zero-order chi connectivity index (χ0) is 14.6. The van der Waals surface area contributed by atoms with Crippen LogP contribution in [0, 0.1) is 0 Å². The molecule has 1 aromatic carbocycles. The van der Waals surface area contributed by atoms with Crippen LogP contribution in [0.3, 0.4) is 0 Å². The zero-order valence-electron chi connectivity index (χ0n) is 10.4. The molecule has 5 nitrogen and oxygen atoms in total. The van der Waals surface area contributed by atoms with Crippen molar-refractivity contribution in [1.82, 2.24) is 9.71 Å². The molecule has 1 unspecified atom stereocenters. The summed E-state index contributed by atoms with van der Waals surface area (Å²) in [6.07, 6.45) is 2.76. The SMILES string of the molecule is O=S(=O)(NC(CO)c1ccccc1)c1cncc(Br)c1. The molecule has 1 heterocycles. The van der Waals surface area contributed by atoms with Crippen molar-refractivity contribution >= 4 is 26.0 Å². The van der Waals surface area contributed by atoms with Gasteiger partial charge in [0.1, 0.15) is 4.90 Å². The fourth-order valence-electron chi connectivity index (χ4n) is 1.69. The molecule has 0 aliphatic heterocycles. The summed E-state index contributed by atoms with van der Waals surface area (Å²) in [5, 5.41) is 9.39. The number of benzene rings is 1. The highest BCUT2D eigenvalue weighted by Gasteiger charge is 2.21. The molecule has 7 heteroatoms. The van der Waals surface area contributed by atoms with Crippen molar-refractivity contribution in [3.8, 4) is 0 Å². The van der Waals surface area contributed by atoms with Crippen LogP contribution in [0.1, 0.15) is 11.6 Å². The van der Waals surface area contributed by atoms with Crippen LogP contribution in [-0.2, 0) is 10.0 Å². The van der Waals surface area contributed by atoms with Crippen LogP contribution < -0.4 is 4.72 Å². The minimum atomic E-state index is -3.74. The van der Waals surface area contributed by atoms with Gasteiger partial charge in [-0.2, -0.15) is 0 Å². The van der Waals surface area contributed by atoms with E-state index in [4.69, 9.17) is 0 Å². The molecule has 0 saturated carbocycles. The molecule has 0 radical (unpaired) electrons. The van der Waals surface area contributed by atoms with E-state index in [1.807, 2.05) is 6.07 Å². The van der Waals surface area contributed by atoms with Gasteiger partial charge in [-0.3, -0.25) is 4.98 Å². The monoisotopic (exact) mass is 356 g/mol. The van der Waals surface area contributed by atoms with E-state index in [0.717, 1.165) is 0 Å². The Morgan fingerprint density at radius 1 is 1.25 bits per heavy atom. The summed E-state index contributed by atoms with van der Waals surface area (Å²) in [6, 6.07) is 9.66. The number of pyridine rings is 1. The number of nitrogens with zero attached hydrogens (tertiary/aromatic N) is 1. The van der Waals surface area contributed by atoms with E-state index in [1.165, 1.54) is 18.5 Å². The van der Waals surface area contributed by atoms with Crippen molar-refractivity contribution in [3.63, 3.8) is 0 Å². The van der Waals surface area contributed by atoms with Crippen LogP contribution in [-0.4, -0.2) is 25.1 Å². The quantitative estimate of drug-likeness (QED) is 0.856. The first kappa shape index (κ1) is 15.1. The van der Waals surface area contributed by atoms with Crippen LogP contribution in [0.15, 0.2) is 58.2 Å².